The van der Waals surface area contributed by atoms with Crippen molar-refractivity contribution in [2.75, 3.05) is 18.5 Å². The molecule has 0 saturated heterocycles. The van der Waals surface area contributed by atoms with Gasteiger partial charge in [0, 0.05) is 6.42 Å². The van der Waals surface area contributed by atoms with E-state index in [0.717, 1.165) is 0 Å². The molecule has 11 N–H and O–H groups in total. The molecule has 0 saturated carbocycles. The fourth-order valence-electron chi connectivity index (χ4n) is 3.71. The molecule has 6 atom stereocenters. The van der Waals surface area contributed by atoms with E-state index >= 15 is 0 Å². The molecule has 45 heavy (non-hydrogen) atoms. The Bertz CT molecular complexity index is 1090. The van der Waals surface area contributed by atoms with Crippen molar-refractivity contribution in [2.24, 2.45) is 17.6 Å². The molecule has 0 bridgehead atoms. The van der Waals surface area contributed by atoms with E-state index in [1.54, 1.807) is 27.7 Å². The van der Waals surface area contributed by atoms with Crippen LogP contribution in [0.25, 0.3) is 0 Å². The summed E-state index contributed by atoms with van der Waals surface area (Å²) in [5.74, 6) is -8.19. The average molecular weight is 711 g/mol. The molecule has 0 aromatic carbocycles. The fourth-order valence-corrected chi connectivity index (χ4v) is 3.87. The maximum Gasteiger partial charge on any atom is 0.303 e. The summed E-state index contributed by atoms with van der Waals surface area (Å²) < 4.78 is 0. The Balaban J connectivity index is 5.51. The number of hydrogen-bond acceptors (Lipinski definition) is 10. The number of aliphatic carboxylic acids is 1. The summed E-state index contributed by atoms with van der Waals surface area (Å²) in [6, 6.07) is -6.74. The molecule has 0 aliphatic heterocycles. The van der Waals surface area contributed by atoms with Crippen molar-refractivity contribution >= 4 is 63.2 Å². The highest BCUT2D eigenvalue weighted by Crippen LogP contribution is 2.07. The van der Waals surface area contributed by atoms with Gasteiger partial charge in [-0.3, -0.25) is 38.4 Å². The third-order valence-corrected chi connectivity index (χ3v) is 6.77. The molecule has 0 radical (unpaired) electrons. The van der Waals surface area contributed by atoms with Crippen LogP contribution in [0.5, 0.6) is 0 Å². The molecule has 0 spiro atoms. The molecular formula is C26H44BrN7O11. The Hall–Kier alpha value is -3.84. The van der Waals surface area contributed by atoms with Crippen LogP contribution in [-0.2, 0) is 38.4 Å². The third kappa shape index (κ3) is 15.1. The highest BCUT2D eigenvalue weighted by molar-refractivity contribution is 9.09. The van der Waals surface area contributed by atoms with Crippen LogP contribution in [0.2, 0.25) is 0 Å². The Kier molecular flexibility index (Phi) is 18.5. The van der Waals surface area contributed by atoms with Crippen LogP contribution in [0.3, 0.4) is 0 Å². The van der Waals surface area contributed by atoms with Crippen molar-refractivity contribution in [3.05, 3.63) is 0 Å². The number of carbonyl (C=O) groups excluding carboxylic acids is 7. The molecule has 0 aromatic rings. The monoisotopic (exact) mass is 709 g/mol. The van der Waals surface area contributed by atoms with E-state index in [9.17, 15) is 48.6 Å². The molecule has 7 amide bonds. The molecule has 0 aromatic heterocycles. The molecular weight excluding hydrogens is 666 g/mol. The zero-order chi connectivity index (χ0) is 35.0. The number of rotatable bonds is 20. The van der Waals surface area contributed by atoms with E-state index in [-0.39, 0.29) is 11.8 Å². The zero-order valence-corrected chi connectivity index (χ0v) is 27.3. The SMILES string of the molecule is CC(C)[C@H](NC(=O)CNC(=O)[C@@H](NC(=O)[C@@H](NC(=O)[C@H](CCC(=O)O)NC(=O)CBr)[C@@H](C)O)C(C)C)C(=O)N[C@@H](CO)C(N)=O. The highest BCUT2D eigenvalue weighted by Gasteiger charge is 2.34. The lowest BCUT2D eigenvalue weighted by Gasteiger charge is -2.28. The predicted octanol–water partition coefficient (Wildman–Crippen LogP) is -4.04. The van der Waals surface area contributed by atoms with Crippen molar-refractivity contribution in [2.45, 2.75) is 83.8 Å². The van der Waals surface area contributed by atoms with E-state index < -0.39 is 115 Å². The number of amides is 7. The van der Waals surface area contributed by atoms with Gasteiger partial charge in [-0.05, 0) is 25.2 Å². The van der Waals surface area contributed by atoms with Crippen molar-refractivity contribution in [1.29, 1.82) is 0 Å². The number of hydrogen-bond donors (Lipinski definition) is 10. The molecule has 19 heteroatoms. The van der Waals surface area contributed by atoms with Gasteiger partial charge in [0.15, 0.2) is 0 Å². The van der Waals surface area contributed by atoms with Gasteiger partial charge < -0.3 is 53.0 Å². The van der Waals surface area contributed by atoms with Crippen LogP contribution in [0.1, 0.15) is 47.5 Å². The van der Waals surface area contributed by atoms with Crippen molar-refractivity contribution in [3.8, 4) is 0 Å². The van der Waals surface area contributed by atoms with Gasteiger partial charge in [0.2, 0.25) is 41.4 Å². The summed E-state index contributed by atoms with van der Waals surface area (Å²) in [7, 11) is 0. The molecule has 0 aliphatic rings. The van der Waals surface area contributed by atoms with Gasteiger partial charge in [0.1, 0.15) is 30.2 Å². The lowest BCUT2D eigenvalue weighted by atomic mass is 10.0. The van der Waals surface area contributed by atoms with Crippen molar-refractivity contribution in [1.82, 2.24) is 31.9 Å². The van der Waals surface area contributed by atoms with Crippen molar-refractivity contribution < 1.29 is 53.7 Å². The molecule has 0 unspecified atom stereocenters. The average Bonchev–Trinajstić information content (AvgIpc) is 2.95. The first-order valence-electron chi connectivity index (χ1n) is 14.0. The molecule has 0 fully saturated rings. The number of carboxylic acid groups (broad SMARTS) is 1. The first-order valence-corrected chi connectivity index (χ1v) is 15.1. The third-order valence-electron chi connectivity index (χ3n) is 6.26. The highest BCUT2D eigenvalue weighted by atomic mass is 79.9. The number of halogens is 1. The molecule has 0 aliphatic carbocycles. The number of alkyl halides is 1. The van der Waals surface area contributed by atoms with Crippen LogP contribution in [-0.4, -0.2) is 117 Å². The lowest BCUT2D eigenvalue weighted by molar-refractivity contribution is -0.139. The quantitative estimate of drug-likeness (QED) is 0.0543. The number of carbonyl (C=O) groups is 8. The molecule has 18 nitrogen and oxygen atoms in total. The summed E-state index contributed by atoms with van der Waals surface area (Å²) in [6.45, 7) is 6.18. The molecule has 256 valence electrons. The minimum atomic E-state index is -1.61. The summed E-state index contributed by atoms with van der Waals surface area (Å²) >= 11 is 2.92. The van der Waals surface area contributed by atoms with Gasteiger partial charge in [-0.1, -0.05) is 43.6 Å². The van der Waals surface area contributed by atoms with Gasteiger partial charge in [-0.25, -0.2) is 0 Å². The molecule has 0 heterocycles. The van der Waals surface area contributed by atoms with Gasteiger partial charge in [0.25, 0.3) is 0 Å². The van der Waals surface area contributed by atoms with Crippen LogP contribution < -0.4 is 37.6 Å². The predicted molar refractivity (Wildman–Crippen MR) is 161 cm³/mol. The van der Waals surface area contributed by atoms with Gasteiger partial charge >= 0.3 is 5.97 Å². The van der Waals surface area contributed by atoms with E-state index in [1.165, 1.54) is 6.92 Å². The molecule has 0 rings (SSSR count). The number of carboxylic acids is 1. The summed E-state index contributed by atoms with van der Waals surface area (Å²) in [5, 5.41) is 42.2. The second-order valence-electron chi connectivity index (χ2n) is 10.8. The normalized spacial score (nSPS) is 15.0. The van der Waals surface area contributed by atoms with Crippen LogP contribution in [0.4, 0.5) is 0 Å². The first-order chi connectivity index (χ1) is 20.9. The maximum absolute atomic E-state index is 13.1. The van der Waals surface area contributed by atoms with Gasteiger partial charge in [-0.15, -0.1) is 0 Å². The summed E-state index contributed by atoms with van der Waals surface area (Å²) in [5.41, 5.74) is 5.11. The second-order valence-corrected chi connectivity index (χ2v) is 11.4. The van der Waals surface area contributed by atoms with Gasteiger partial charge in [-0.2, -0.15) is 0 Å². The van der Waals surface area contributed by atoms with Crippen molar-refractivity contribution in [3.63, 3.8) is 0 Å². The standard InChI is InChI=1S/C26H44BrN7O11/c1-11(2)19(24(43)29-9-17(38)32-20(12(3)4)25(44)31-15(10-35)22(28)41)33-26(45)21(13(5)36)34-23(42)14(6-7-18(39)40)30-16(37)8-27/h11-15,19-21,35-36H,6-10H2,1-5H3,(H2,28,41)(H,29,43)(H,30,37)(H,31,44)(H,32,38)(H,33,45)(H,34,42)(H,39,40)/t13-,14+,15+,19+,20+,21+/m1/s1. The Morgan fingerprint density at radius 1 is 0.689 bits per heavy atom. The largest absolute Gasteiger partial charge is 0.481 e. The number of primary amides is 1. The van der Waals surface area contributed by atoms with Crippen LogP contribution in [0, 0.1) is 11.8 Å². The van der Waals surface area contributed by atoms with Crippen LogP contribution >= 0.6 is 15.9 Å². The summed E-state index contributed by atoms with van der Waals surface area (Å²) in [4.78, 5) is 98.1. The van der Waals surface area contributed by atoms with E-state index in [0.29, 0.717) is 0 Å². The van der Waals surface area contributed by atoms with Crippen LogP contribution in [0.15, 0.2) is 0 Å². The van der Waals surface area contributed by atoms with E-state index in [2.05, 4.69) is 47.8 Å². The smallest absolute Gasteiger partial charge is 0.303 e. The second kappa shape index (κ2) is 20.2. The maximum atomic E-state index is 13.1. The number of nitrogens with two attached hydrogens (primary N) is 1. The number of aliphatic hydroxyl groups excluding tert-OH is 2. The van der Waals surface area contributed by atoms with E-state index in [1.807, 2.05) is 0 Å². The fraction of sp³-hybridized carbons (Fsp3) is 0.692. The van der Waals surface area contributed by atoms with Gasteiger partial charge in [0.05, 0.1) is 24.6 Å². The Morgan fingerprint density at radius 2 is 1.20 bits per heavy atom. The minimum Gasteiger partial charge on any atom is -0.481 e. The number of nitrogens with one attached hydrogen (secondary N) is 6. The minimum absolute atomic E-state index is 0.182. The Morgan fingerprint density at radius 3 is 1.64 bits per heavy atom. The summed E-state index contributed by atoms with van der Waals surface area (Å²) in [6.07, 6.45) is -2.27. The first kappa shape index (κ1) is 41.2. The lowest BCUT2D eigenvalue weighted by Crippen LogP contribution is -2.61. The topological polar surface area (TPSA) is 295 Å². The zero-order valence-electron chi connectivity index (χ0n) is 25.7. The van der Waals surface area contributed by atoms with E-state index in [4.69, 9.17) is 10.8 Å². The number of aliphatic hydroxyl groups is 2. The Labute approximate surface area is 268 Å².